The molecule has 0 atom stereocenters. The number of rotatable bonds is 5. The first kappa shape index (κ1) is 9.52. The number of nitrogens with zero attached hydrogens (tertiary/aromatic N) is 2. The van der Waals surface area contributed by atoms with E-state index in [-0.39, 0.29) is 0 Å². The van der Waals surface area contributed by atoms with Crippen molar-refractivity contribution in [3.05, 3.63) is 11.8 Å². The molecule has 1 aliphatic rings. The number of hydrogen-bond donors (Lipinski definition) is 1. The van der Waals surface area contributed by atoms with Gasteiger partial charge in [-0.2, -0.15) is 5.10 Å². The fourth-order valence-electron chi connectivity index (χ4n) is 1.65. The second-order valence-electron chi connectivity index (χ2n) is 3.75. The molecule has 1 aromatic heterocycles. The Morgan fingerprint density at radius 2 is 2.43 bits per heavy atom. The summed E-state index contributed by atoms with van der Waals surface area (Å²) in [6, 6.07) is 0.580. The molecule has 1 saturated carbocycles. The van der Waals surface area contributed by atoms with E-state index in [1.54, 1.807) is 7.11 Å². The van der Waals surface area contributed by atoms with Crippen molar-refractivity contribution in [3.8, 4) is 5.88 Å². The molecule has 0 spiro atoms. The van der Waals surface area contributed by atoms with Gasteiger partial charge in [0, 0.05) is 5.56 Å². The smallest absolute Gasteiger partial charge is 0.214 e. The molecule has 0 aliphatic heterocycles. The molecule has 0 unspecified atom stereocenters. The van der Waals surface area contributed by atoms with Crippen LogP contribution in [0.25, 0.3) is 0 Å². The quantitative estimate of drug-likeness (QED) is 0.766. The van der Waals surface area contributed by atoms with Crippen molar-refractivity contribution >= 4 is 0 Å². The zero-order chi connectivity index (χ0) is 9.97. The minimum Gasteiger partial charge on any atom is -0.481 e. The normalized spacial score (nSPS) is 15.9. The van der Waals surface area contributed by atoms with Crippen molar-refractivity contribution in [2.45, 2.75) is 31.7 Å². The SMILES string of the molecule is COc1c(CCCN)cnn1C1CC1. The third-order valence-electron chi connectivity index (χ3n) is 2.56. The fraction of sp³-hybridized carbons (Fsp3) is 0.700. The maximum atomic E-state index is 5.48. The Bertz CT molecular complexity index is 304. The van der Waals surface area contributed by atoms with E-state index in [0.717, 1.165) is 25.3 Å². The predicted octanol–water partition coefficient (Wildman–Crippen LogP) is 1.12. The van der Waals surface area contributed by atoms with E-state index in [1.807, 2.05) is 10.9 Å². The number of methoxy groups -OCH3 is 1. The van der Waals surface area contributed by atoms with Crippen molar-refractivity contribution in [3.63, 3.8) is 0 Å². The van der Waals surface area contributed by atoms with Gasteiger partial charge in [-0.25, -0.2) is 4.68 Å². The molecule has 1 aliphatic carbocycles. The molecule has 0 aromatic carbocycles. The molecule has 1 aromatic rings. The van der Waals surface area contributed by atoms with Gasteiger partial charge in [-0.05, 0) is 32.2 Å². The van der Waals surface area contributed by atoms with Crippen LogP contribution in [0, 0.1) is 0 Å². The summed E-state index contributed by atoms with van der Waals surface area (Å²) in [7, 11) is 1.71. The molecule has 0 saturated heterocycles. The van der Waals surface area contributed by atoms with Gasteiger partial charge in [-0.15, -0.1) is 0 Å². The highest BCUT2D eigenvalue weighted by atomic mass is 16.5. The van der Waals surface area contributed by atoms with Crippen LogP contribution in [0.1, 0.15) is 30.9 Å². The summed E-state index contributed by atoms with van der Waals surface area (Å²) in [6.07, 6.45) is 6.33. The molecule has 1 heterocycles. The molecule has 0 bridgehead atoms. The second kappa shape index (κ2) is 4.00. The van der Waals surface area contributed by atoms with E-state index >= 15 is 0 Å². The lowest BCUT2D eigenvalue weighted by molar-refractivity contribution is 0.357. The predicted molar refractivity (Wildman–Crippen MR) is 54.4 cm³/mol. The lowest BCUT2D eigenvalue weighted by atomic mass is 10.2. The summed E-state index contributed by atoms with van der Waals surface area (Å²) < 4.78 is 7.38. The van der Waals surface area contributed by atoms with Gasteiger partial charge in [-0.3, -0.25) is 0 Å². The van der Waals surface area contributed by atoms with Crippen molar-refractivity contribution < 1.29 is 4.74 Å². The number of ether oxygens (including phenoxy) is 1. The molecule has 2 rings (SSSR count). The van der Waals surface area contributed by atoms with Gasteiger partial charge in [0.25, 0.3) is 0 Å². The Morgan fingerprint density at radius 3 is 3.00 bits per heavy atom. The van der Waals surface area contributed by atoms with Crippen LogP contribution >= 0.6 is 0 Å². The molecule has 2 N–H and O–H groups in total. The molecule has 14 heavy (non-hydrogen) atoms. The fourth-order valence-corrected chi connectivity index (χ4v) is 1.65. The molecular weight excluding hydrogens is 178 g/mol. The first-order valence-corrected chi connectivity index (χ1v) is 5.17. The van der Waals surface area contributed by atoms with E-state index in [2.05, 4.69) is 5.10 Å². The van der Waals surface area contributed by atoms with Gasteiger partial charge >= 0.3 is 0 Å². The molecule has 4 nitrogen and oxygen atoms in total. The summed E-state index contributed by atoms with van der Waals surface area (Å²) in [5, 5.41) is 4.35. The zero-order valence-electron chi connectivity index (χ0n) is 8.57. The zero-order valence-corrected chi connectivity index (χ0v) is 8.57. The molecular formula is C10H17N3O. The average Bonchev–Trinajstić information content (AvgIpc) is 2.96. The molecule has 4 heteroatoms. The number of hydrogen-bond acceptors (Lipinski definition) is 3. The van der Waals surface area contributed by atoms with Crippen LogP contribution in [0.3, 0.4) is 0 Å². The van der Waals surface area contributed by atoms with Gasteiger partial charge < -0.3 is 10.5 Å². The lowest BCUT2D eigenvalue weighted by Gasteiger charge is -2.06. The van der Waals surface area contributed by atoms with Crippen molar-refractivity contribution in [1.29, 1.82) is 0 Å². The first-order chi connectivity index (χ1) is 6.86. The Morgan fingerprint density at radius 1 is 1.64 bits per heavy atom. The van der Waals surface area contributed by atoms with Crippen LogP contribution in [0.2, 0.25) is 0 Å². The molecule has 78 valence electrons. The van der Waals surface area contributed by atoms with Gasteiger partial charge in [0.1, 0.15) is 0 Å². The molecule has 0 amide bonds. The van der Waals surface area contributed by atoms with Gasteiger partial charge in [0.2, 0.25) is 5.88 Å². The Balaban J connectivity index is 2.13. The van der Waals surface area contributed by atoms with Crippen LogP contribution < -0.4 is 10.5 Å². The lowest BCUT2D eigenvalue weighted by Crippen LogP contribution is -2.03. The van der Waals surface area contributed by atoms with Gasteiger partial charge in [0.15, 0.2) is 0 Å². The summed E-state index contributed by atoms with van der Waals surface area (Å²) in [5.41, 5.74) is 6.66. The summed E-state index contributed by atoms with van der Waals surface area (Å²) in [5.74, 6) is 0.931. The van der Waals surface area contributed by atoms with Crippen LogP contribution in [0.4, 0.5) is 0 Å². The highest BCUT2D eigenvalue weighted by Gasteiger charge is 2.28. The van der Waals surface area contributed by atoms with E-state index in [9.17, 15) is 0 Å². The summed E-state index contributed by atoms with van der Waals surface area (Å²) >= 11 is 0. The topological polar surface area (TPSA) is 53.1 Å². The third-order valence-corrected chi connectivity index (χ3v) is 2.56. The number of aromatic nitrogens is 2. The Hall–Kier alpha value is -1.03. The van der Waals surface area contributed by atoms with Crippen molar-refractivity contribution in [2.24, 2.45) is 5.73 Å². The Labute approximate surface area is 84.0 Å². The monoisotopic (exact) mass is 195 g/mol. The standard InChI is InChI=1S/C10H17N3O/c1-14-10-8(3-2-6-11)7-12-13(10)9-4-5-9/h7,9H,2-6,11H2,1H3. The van der Waals surface area contributed by atoms with Crippen LogP contribution in [0.15, 0.2) is 6.20 Å². The van der Waals surface area contributed by atoms with Gasteiger partial charge in [0.05, 0.1) is 19.3 Å². The van der Waals surface area contributed by atoms with Crippen molar-refractivity contribution in [2.75, 3.05) is 13.7 Å². The number of nitrogens with two attached hydrogens (primary N) is 1. The second-order valence-corrected chi connectivity index (χ2v) is 3.75. The van der Waals surface area contributed by atoms with Crippen LogP contribution in [-0.2, 0) is 6.42 Å². The maximum absolute atomic E-state index is 5.48. The average molecular weight is 195 g/mol. The van der Waals surface area contributed by atoms with Gasteiger partial charge in [-0.1, -0.05) is 0 Å². The molecule has 1 fully saturated rings. The Kier molecular flexibility index (Phi) is 2.72. The highest BCUT2D eigenvalue weighted by molar-refractivity contribution is 5.25. The van der Waals surface area contributed by atoms with E-state index in [0.29, 0.717) is 6.04 Å². The van der Waals surface area contributed by atoms with Crippen molar-refractivity contribution in [1.82, 2.24) is 9.78 Å². The number of aryl methyl sites for hydroxylation is 1. The minimum absolute atomic E-state index is 0.580. The van der Waals surface area contributed by atoms with Crippen LogP contribution in [-0.4, -0.2) is 23.4 Å². The van der Waals surface area contributed by atoms with E-state index in [1.165, 1.54) is 18.4 Å². The van der Waals surface area contributed by atoms with E-state index in [4.69, 9.17) is 10.5 Å². The summed E-state index contributed by atoms with van der Waals surface area (Å²) in [6.45, 7) is 0.720. The maximum Gasteiger partial charge on any atom is 0.214 e. The molecule has 0 radical (unpaired) electrons. The first-order valence-electron chi connectivity index (χ1n) is 5.17. The van der Waals surface area contributed by atoms with E-state index < -0.39 is 0 Å². The third kappa shape index (κ3) is 1.75. The van der Waals surface area contributed by atoms with Crippen LogP contribution in [0.5, 0.6) is 5.88 Å². The highest BCUT2D eigenvalue weighted by Crippen LogP contribution is 2.38. The summed E-state index contributed by atoms with van der Waals surface area (Å²) in [4.78, 5) is 0. The minimum atomic E-state index is 0.580. The largest absolute Gasteiger partial charge is 0.481 e.